The number of nitrogens with zero attached hydrogens (tertiary/aromatic N) is 1. The lowest BCUT2D eigenvalue weighted by Crippen LogP contribution is -2.56. The first-order valence-electron chi connectivity index (χ1n) is 6.39. The Morgan fingerprint density at radius 2 is 1.93 bits per heavy atom. The van der Waals surface area contributed by atoms with E-state index in [1.807, 2.05) is 0 Å². The lowest BCUT2D eigenvalue weighted by atomic mass is 9.76. The molecule has 2 nitrogen and oxygen atoms in total. The molecule has 1 fully saturated rings. The Hall–Kier alpha value is -0.0800. The van der Waals surface area contributed by atoms with Crippen molar-refractivity contribution in [3.05, 3.63) is 0 Å². The van der Waals surface area contributed by atoms with Gasteiger partial charge in [0.05, 0.1) is 0 Å². The van der Waals surface area contributed by atoms with Crippen molar-refractivity contribution >= 4 is 0 Å². The first-order chi connectivity index (χ1) is 6.98. The van der Waals surface area contributed by atoms with E-state index < -0.39 is 0 Å². The standard InChI is InChI=1S/C13H28N2/c1-6-14-12(10-11-8-7-9-11)13(2,3)15(4)5/h11-12,14H,6-10H2,1-5H3. The van der Waals surface area contributed by atoms with Crippen LogP contribution in [0.25, 0.3) is 0 Å². The largest absolute Gasteiger partial charge is 0.312 e. The third kappa shape index (κ3) is 3.18. The molecule has 1 N–H and O–H groups in total. The zero-order valence-electron chi connectivity index (χ0n) is 11.1. The van der Waals surface area contributed by atoms with Crippen molar-refractivity contribution < 1.29 is 0 Å². The fourth-order valence-corrected chi connectivity index (χ4v) is 2.24. The van der Waals surface area contributed by atoms with Crippen molar-refractivity contribution in [2.75, 3.05) is 20.6 Å². The van der Waals surface area contributed by atoms with Crippen molar-refractivity contribution in [3.63, 3.8) is 0 Å². The summed E-state index contributed by atoms with van der Waals surface area (Å²) in [6.45, 7) is 7.98. The Balaban J connectivity index is 2.54. The molecular weight excluding hydrogens is 184 g/mol. The minimum absolute atomic E-state index is 0.256. The van der Waals surface area contributed by atoms with Crippen LogP contribution in [0.1, 0.15) is 46.5 Å². The maximum Gasteiger partial charge on any atom is 0.0300 e. The summed E-state index contributed by atoms with van der Waals surface area (Å²) < 4.78 is 0. The van der Waals surface area contributed by atoms with Gasteiger partial charge in [0.2, 0.25) is 0 Å². The molecule has 1 rings (SSSR count). The molecule has 0 aromatic carbocycles. The van der Waals surface area contributed by atoms with Gasteiger partial charge in [-0.1, -0.05) is 26.2 Å². The predicted octanol–water partition coefficient (Wildman–Crippen LogP) is 2.49. The summed E-state index contributed by atoms with van der Waals surface area (Å²) >= 11 is 0. The van der Waals surface area contributed by atoms with Gasteiger partial charge in [0, 0.05) is 11.6 Å². The summed E-state index contributed by atoms with van der Waals surface area (Å²) in [7, 11) is 4.37. The lowest BCUT2D eigenvalue weighted by molar-refractivity contribution is 0.109. The van der Waals surface area contributed by atoms with Crippen LogP contribution in [0, 0.1) is 5.92 Å². The molecule has 0 aliphatic heterocycles. The van der Waals surface area contributed by atoms with Gasteiger partial charge >= 0.3 is 0 Å². The average Bonchev–Trinajstić information content (AvgIpc) is 2.08. The number of hydrogen-bond acceptors (Lipinski definition) is 2. The van der Waals surface area contributed by atoms with E-state index in [9.17, 15) is 0 Å². The monoisotopic (exact) mass is 212 g/mol. The van der Waals surface area contributed by atoms with E-state index >= 15 is 0 Å². The molecule has 1 aliphatic rings. The Bertz CT molecular complexity index is 183. The van der Waals surface area contributed by atoms with Crippen LogP contribution in [0.3, 0.4) is 0 Å². The topological polar surface area (TPSA) is 15.3 Å². The molecule has 0 amide bonds. The van der Waals surface area contributed by atoms with E-state index in [0.717, 1.165) is 12.5 Å². The van der Waals surface area contributed by atoms with Gasteiger partial charge in [0.15, 0.2) is 0 Å². The summed E-state index contributed by atoms with van der Waals surface area (Å²) in [5.41, 5.74) is 0.256. The quantitative estimate of drug-likeness (QED) is 0.728. The molecule has 0 aromatic rings. The minimum Gasteiger partial charge on any atom is -0.312 e. The van der Waals surface area contributed by atoms with E-state index in [1.165, 1.54) is 25.7 Å². The maximum atomic E-state index is 3.66. The molecule has 1 unspecified atom stereocenters. The van der Waals surface area contributed by atoms with Gasteiger partial charge in [-0.2, -0.15) is 0 Å². The van der Waals surface area contributed by atoms with Gasteiger partial charge in [-0.25, -0.2) is 0 Å². The first kappa shape index (κ1) is 13.0. The Morgan fingerprint density at radius 3 is 2.27 bits per heavy atom. The van der Waals surface area contributed by atoms with E-state index in [0.29, 0.717) is 6.04 Å². The molecule has 0 bridgehead atoms. The average molecular weight is 212 g/mol. The van der Waals surface area contributed by atoms with Crippen LogP contribution in [0.4, 0.5) is 0 Å². The van der Waals surface area contributed by atoms with Crippen LogP contribution in [0.5, 0.6) is 0 Å². The smallest absolute Gasteiger partial charge is 0.0300 e. The highest BCUT2D eigenvalue weighted by Crippen LogP contribution is 2.33. The van der Waals surface area contributed by atoms with E-state index in [1.54, 1.807) is 0 Å². The van der Waals surface area contributed by atoms with E-state index in [4.69, 9.17) is 0 Å². The molecule has 1 aliphatic carbocycles. The first-order valence-corrected chi connectivity index (χ1v) is 6.39. The van der Waals surface area contributed by atoms with Crippen molar-refractivity contribution in [3.8, 4) is 0 Å². The molecule has 0 heterocycles. The fraction of sp³-hybridized carbons (Fsp3) is 1.00. The summed E-state index contributed by atoms with van der Waals surface area (Å²) in [6, 6.07) is 0.628. The van der Waals surface area contributed by atoms with E-state index in [2.05, 4.69) is 45.1 Å². The summed E-state index contributed by atoms with van der Waals surface area (Å²) in [5.74, 6) is 0.980. The van der Waals surface area contributed by atoms with Gasteiger partial charge in [0.1, 0.15) is 0 Å². The highest BCUT2D eigenvalue weighted by Gasteiger charge is 2.33. The van der Waals surface area contributed by atoms with Gasteiger partial charge < -0.3 is 10.2 Å². The second-order valence-corrected chi connectivity index (χ2v) is 5.69. The van der Waals surface area contributed by atoms with Crippen LogP contribution in [0.2, 0.25) is 0 Å². The van der Waals surface area contributed by atoms with Crippen LogP contribution in [-0.4, -0.2) is 37.1 Å². The molecule has 0 aromatic heterocycles. The van der Waals surface area contributed by atoms with Gasteiger partial charge in [-0.15, -0.1) is 0 Å². The molecule has 90 valence electrons. The molecule has 1 atom stereocenters. The number of nitrogens with one attached hydrogen (secondary N) is 1. The summed E-state index contributed by atoms with van der Waals surface area (Å²) in [4.78, 5) is 2.35. The minimum atomic E-state index is 0.256. The van der Waals surface area contributed by atoms with Crippen LogP contribution in [-0.2, 0) is 0 Å². The Morgan fingerprint density at radius 1 is 1.33 bits per heavy atom. The highest BCUT2D eigenvalue weighted by molar-refractivity contribution is 4.93. The summed E-state index contributed by atoms with van der Waals surface area (Å²) in [5, 5.41) is 3.66. The van der Waals surface area contributed by atoms with Gasteiger partial charge in [-0.3, -0.25) is 0 Å². The molecule has 0 radical (unpaired) electrons. The maximum absolute atomic E-state index is 3.66. The van der Waals surface area contributed by atoms with Gasteiger partial charge in [0.25, 0.3) is 0 Å². The van der Waals surface area contributed by atoms with Crippen LogP contribution >= 0.6 is 0 Å². The number of rotatable bonds is 6. The van der Waals surface area contributed by atoms with Crippen LogP contribution in [0.15, 0.2) is 0 Å². The molecular formula is C13H28N2. The van der Waals surface area contributed by atoms with E-state index in [-0.39, 0.29) is 5.54 Å². The highest BCUT2D eigenvalue weighted by atomic mass is 15.2. The SMILES string of the molecule is CCNC(CC1CCC1)C(C)(C)N(C)C. The van der Waals surface area contributed by atoms with Crippen molar-refractivity contribution in [1.29, 1.82) is 0 Å². The molecule has 2 heteroatoms. The molecule has 0 spiro atoms. The Labute approximate surface area is 95.4 Å². The molecule has 15 heavy (non-hydrogen) atoms. The van der Waals surface area contributed by atoms with Crippen LogP contribution < -0.4 is 5.32 Å². The zero-order valence-corrected chi connectivity index (χ0v) is 11.1. The van der Waals surface area contributed by atoms with Crippen molar-refractivity contribution in [2.45, 2.75) is 58.0 Å². The second kappa shape index (κ2) is 5.31. The number of hydrogen-bond donors (Lipinski definition) is 1. The summed E-state index contributed by atoms with van der Waals surface area (Å²) in [6.07, 6.45) is 5.70. The second-order valence-electron chi connectivity index (χ2n) is 5.69. The lowest BCUT2D eigenvalue weighted by Gasteiger charge is -2.43. The Kier molecular flexibility index (Phi) is 4.60. The van der Waals surface area contributed by atoms with Gasteiger partial charge in [-0.05, 0) is 46.8 Å². The number of likely N-dealkylation sites (N-methyl/N-ethyl adjacent to an activating group) is 2. The zero-order chi connectivity index (χ0) is 11.5. The van der Waals surface area contributed by atoms with Crippen molar-refractivity contribution in [2.24, 2.45) is 5.92 Å². The van der Waals surface area contributed by atoms with Crippen molar-refractivity contribution in [1.82, 2.24) is 10.2 Å². The molecule has 1 saturated carbocycles. The normalized spacial score (nSPS) is 20.4. The molecule has 0 saturated heterocycles. The predicted molar refractivity (Wildman–Crippen MR) is 67.2 cm³/mol. The fourth-order valence-electron chi connectivity index (χ4n) is 2.24. The third-order valence-electron chi connectivity index (χ3n) is 4.25. The third-order valence-corrected chi connectivity index (χ3v) is 4.25.